The van der Waals surface area contributed by atoms with E-state index in [2.05, 4.69) is 5.32 Å². The number of carbonyl (C=O) groups is 2. The molecule has 9 nitrogen and oxygen atoms in total. The summed E-state index contributed by atoms with van der Waals surface area (Å²) >= 11 is 0. The van der Waals surface area contributed by atoms with Gasteiger partial charge in [0.2, 0.25) is 0 Å². The average molecular weight is 523 g/mol. The normalized spacial score (nSPS) is 15.7. The van der Waals surface area contributed by atoms with Crippen molar-refractivity contribution < 1.29 is 28.2 Å². The first-order valence-electron chi connectivity index (χ1n) is 12.7. The highest BCUT2D eigenvalue weighted by atomic mass is 16.6. The number of likely N-dealkylation sites (tertiary alicyclic amines) is 1. The minimum absolute atomic E-state index is 0.00642. The molecule has 1 unspecified atom stereocenters. The Morgan fingerprint density at radius 1 is 1.13 bits per heavy atom. The quantitative estimate of drug-likeness (QED) is 0.403. The maximum atomic E-state index is 12.6. The van der Waals surface area contributed by atoms with Crippen LogP contribution in [-0.2, 0) is 16.1 Å². The van der Waals surface area contributed by atoms with Gasteiger partial charge in [0.05, 0.1) is 6.61 Å². The number of hydrogen-bond acceptors (Lipinski definition) is 7. The summed E-state index contributed by atoms with van der Waals surface area (Å²) in [6.07, 6.45) is 0.767. The lowest BCUT2D eigenvalue weighted by atomic mass is 9.99. The Morgan fingerprint density at radius 3 is 2.63 bits per heavy atom. The van der Waals surface area contributed by atoms with Gasteiger partial charge in [-0.05, 0) is 64.3 Å². The number of nitrogens with zero attached hydrogens (tertiary/aromatic N) is 1. The molecule has 38 heavy (non-hydrogen) atoms. The highest BCUT2D eigenvalue weighted by Crippen LogP contribution is 2.29. The van der Waals surface area contributed by atoms with Crippen molar-refractivity contribution >= 4 is 28.8 Å². The summed E-state index contributed by atoms with van der Waals surface area (Å²) in [4.78, 5) is 39.0. The molecule has 3 aromatic rings. The van der Waals surface area contributed by atoms with Crippen molar-refractivity contribution in [3.05, 3.63) is 70.1 Å². The molecule has 2 aromatic carbocycles. The molecule has 2 heterocycles. The lowest BCUT2D eigenvalue weighted by molar-refractivity contribution is 0.0139. The van der Waals surface area contributed by atoms with E-state index in [1.165, 1.54) is 0 Å². The molecule has 0 radical (unpaired) electrons. The van der Waals surface area contributed by atoms with Gasteiger partial charge in [0, 0.05) is 30.0 Å². The van der Waals surface area contributed by atoms with Gasteiger partial charge in [-0.25, -0.2) is 14.4 Å². The van der Waals surface area contributed by atoms with Gasteiger partial charge in [-0.2, -0.15) is 0 Å². The van der Waals surface area contributed by atoms with Gasteiger partial charge in [0.1, 0.15) is 29.2 Å². The van der Waals surface area contributed by atoms with Crippen LogP contribution in [0.25, 0.3) is 11.0 Å². The minimum atomic E-state index is -0.745. The number of fused-ring (bicyclic) bond motifs is 1. The van der Waals surface area contributed by atoms with Gasteiger partial charge in [-0.15, -0.1) is 0 Å². The SMILES string of the molecule is Cc1c(OCC2CCCN(C(=O)OC(C)(C)C)C2)ccc2cc(NC(=O)OCc3ccccc3)c(=O)oc12. The first kappa shape index (κ1) is 27.0. The average Bonchev–Trinajstić information content (AvgIpc) is 2.88. The number of rotatable bonds is 6. The van der Waals surface area contributed by atoms with Gasteiger partial charge >= 0.3 is 17.8 Å². The van der Waals surface area contributed by atoms with Crippen molar-refractivity contribution in [3.8, 4) is 5.75 Å². The largest absolute Gasteiger partial charge is 0.493 e. The van der Waals surface area contributed by atoms with Crippen molar-refractivity contribution in [1.29, 1.82) is 0 Å². The molecule has 1 saturated heterocycles. The van der Waals surface area contributed by atoms with E-state index in [1.54, 1.807) is 17.0 Å². The highest BCUT2D eigenvalue weighted by molar-refractivity contribution is 5.89. The smallest absolute Gasteiger partial charge is 0.412 e. The summed E-state index contributed by atoms with van der Waals surface area (Å²) in [5, 5.41) is 3.10. The third-order valence-corrected chi connectivity index (χ3v) is 6.20. The van der Waals surface area contributed by atoms with Crippen LogP contribution in [0.1, 0.15) is 44.7 Å². The molecule has 1 N–H and O–H groups in total. The monoisotopic (exact) mass is 522 g/mol. The zero-order valence-electron chi connectivity index (χ0n) is 22.2. The summed E-state index contributed by atoms with van der Waals surface area (Å²) in [5.41, 5.74) is 0.669. The molecule has 0 bridgehead atoms. The molecule has 0 spiro atoms. The number of hydrogen-bond donors (Lipinski definition) is 1. The molecular weight excluding hydrogens is 488 g/mol. The standard InChI is InChI=1S/C29H34N2O7/c1-19-24(35-18-21-11-8-14-31(16-21)28(34)38-29(2,3)4)13-12-22-15-23(26(32)37-25(19)22)30-27(33)36-17-20-9-6-5-7-10-20/h5-7,9-10,12-13,15,21H,8,11,14,16-18H2,1-4H3,(H,30,33). The first-order valence-corrected chi connectivity index (χ1v) is 12.7. The fourth-order valence-corrected chi connectivity index (χ4v) is 4.32. The van der Waals surface area contributed by atoms with E-state index in [4.69, 9.17) is 18.6 Å². The van der Waals surface area contributed by atoms with E-state index >= 15 is 0 Å². The number of aryl methyl sites for hydroxylation is 1. The number of benzene rings is 2. The van der Waals surface area contributed by atoms with Gasteiger partial charge in [-0.3, -0.25) is 5.32 Å². The van der Waals surface area contributed by atoms with Crippen molar-refractivity contribution in [2.45, 2.75) is 52.7 Å². The second-order valence-corrected chi connectivity index (χ2v) is 10.5. The predicted molar refractivity (Wildman–Crippen MR) is 143 cm³/mol. The predicted octanol–water partition coefficient (Wildman–Crippen LogP) is 5.88. The van der Waals surface area contributed by atoms with Crippen molar-refractivity contribution in [2.24, 2.45) is 5.92 Å². The molecule has 1 aliphatic heterocycles. The van der Waals surface area contributed by atoms with Crippen LogP contribution in [-0.4, -0.2) is 42.4 Å². The molecule has 9 heteroatoms. The minimum Gasteiger partial charge on any atom is -0.493 e. The van der Waals surface area contributed by atoms with Crippen molar-refractivity contribution in [1.82, 2.24) is 4.90 Å². The van der Waals surface area contributed by atoms with Crippen LogP contribution >= 0.6 is 0 Å². The number of anilines is 1. The number of ether oxygens (including phenoxy) is 3. The van der Waals surface area contributed by atoms with E-state index < -0.39 is 17.3 Å². The second-order valence-electron chi connectivity index (χ2n) is 10.5. The Kier molecular flexibility index (Phi) is 8.24. The summed E-state index contributed by atoms with van der Waals surface area (Å²) < 4.78 is 22.3. The molecule has 1 aliphatic rings. The van der Waals surface area contributed by atoms with E-state index in [0.29, 0.717) is 42.0 Å². The molecule has 202 valence electrons. The highest BCUT2D eigenvalue weighted by Gasteiger charge is 2.28. The maximum Gasteiger partial charge on any atom is 0.412 e. The van der Waals surface area contributed by atoms with E-state index in [-0.39, 0.29) is 24.3 Å². The molecular formula is C29H34N2O7. The van der Waals surface area contributed by atoms with Gasteiger partial charge in [0.25, 0.3) is 0 Å². The van der Waals surface area contributed by atoms with Crippen LogP contribution in [0.5, 0.6) is 5.75 Å². The van der Waals surface area contributed by atoms with Crippen LogP contribution < -0.4 is 15.7 Å². The summed E-state index contributed by atoms with van der Waals surface area (Å²) in [6.45, 7) is 9.11. The fraction of sp³-hybridized carbons (Fsp3) is 0.414. The van der Waals surface area contributed by atoms with E-state index in [0.717, 1.165) is 18.4 Å². The lowest BCUT2D eigenvalue weighted by Crippen LogP contribution is -2.44. The molecule has 0 saturated carbocycles. The fourth-order valence-electron chi connectivity index (χ4n) is 4.32. The van der Waals surface area contributed by atoms with Crippen molar-refractivity contribution in [3.63, 3.8) is 0 Å². The van der Waals surface area contributed by atoms with Gasteiger partial charge < -0.3 is 23.5 Å². The molecule has 4 rings (SSSR count). The van der Waals surface area contributed by atoms with Crippen molar-refractivity contribution in [2.75, 3.05) is 25.0 Å². The third kappa shape index (κ3) is 7.06. The Bertz CT molecular complexity index is 1340. The van der Waals surface area contributed by atoms with E-state index in [1.807, 2.05) is 64.1 Å². The van der Waals surface area contributed by atoms with Gasteiger partial charge in [0.15, 0.2) is 0 Å². The lowest BCUT2D eigenvalue weighted by Gasteiger charge is -2.34. The molecule has 2 amide bonds. The van der Waals surface area contributed by atoms with Crippen LogP contribution in [0.3, 0.4) is 0 Å². The van der Waals surface area contributed by atoms with E-state index in [9.17, 15) is 14.4 Å². The molecule has 1 fully saturated rings. The summed E-state index contributed by atoms with van der Waals surface area (Å²) in [6, 6.07) is 14.4. The van der Waals surface area contributed by atoms with Crippen LogP contribution in [0.15, 0.2) is 57.7 Å². The third-order valence-electron chi connectivity index (χ3n) is 6.20. The molecule has 1 atom stereocenters. The number of nitrogens with one attached hydrogen (secondary N) is 1. The number of piperidine rings is 1. The number of carbonyl (C=O) groups excluding carboxylic acids is 2. The Morgan fingerprint density at radius 2 is 1.89 bits per heavy atom. The molecule has 1 aromatic heterocycles. The zero-order valence-corrected chi connectivity index (χ0v) is 22.2. The topological polar surface area (TPSA) is 107 Å². The Labute approximate surface area is 221 Å². The maximum absolute atomic E-state index is 12.6. The zero-order chi connectivity index (χ0) is 27.3. The summed E-state index contributed by atoms with van der Waals surface area (Å²) in [5.74, 6) is 0.755. The Balaban J connectivity index is 1.38. The first-order chi connectivity index (χ1) is 18.1. The van der Waals surface area contributed by atoms with Gasteiger partial charge in [-0.1, -0.05) is 30.3 Å². The van der Waals surface area contributed by atoms with Crippen LogP contribution in [0, 0.1) is 12.8 Å². The molecule has 0 aliphatic carbocycles. The number of amides is 2. The second kappa shape index (κ2) is 11.6. The summed E-state index contributed by atoms with van der Waals surface area (Å²) in [7, 11) is 0. The Hall–Kier alpha value is -4.01. The van der Waals surface area contributed by atoms with Crippen LogP contribution in [0.2, 0.25) is 0 Å². The van der Waals surface area contributed by atoms with Crippen LogP contribution in [0.4, 0.5) is 15.3 Å².